The van der Waals surface area contributed by atoms with E-state index in [0.717, 1.165) is 64.2 Å². The maximum atomic E-state index is 10.3. The summed E-state index contributed by atoms with van der Waals surface area (Å²) in [7, 11) is 0. The summed E-state index contributed by atoms with van der Waals surface area (Å²) in [6.45, 7) is 13.0. The zero-order chi connectivity index (χ0) is 13.7. The summed E-state index contributed by atoms with van der Waals surface area (Å²) in [6, 6.07) is 0. The van der Waals surface area contributed by atoms with E-state index in [4.69, 9.17) is 0 Å². The number of β-amino-alcohol motifs (C(OH)–C–C–N with tert-alkyl or cyclic N) is 1. The van der Waals surface area contributed by atoms with Gasteiger partial charge in [-0.1, -0.05) is 13.8 Å². The molecule has 0 aliphatic carbocycles. The quantitative estimate of drug-likeness (QED) is 0.785. The van der Waals surface area contributed by atoms with E-state index in [1.165, 1.54) is 12.8 Å². The maximum Gasteiger partial charge on any atom is 0.0793 e. The van der Waals surface area contributed by atoms with E-state index in [9.17, 15) is 5.11 Å². The predicted octanol–water partition coefficient (Wildman–Crippen LogP) is 0.621. The van der Waals surface area contributed by atoms with Crippen molar-refractivity contribution >= 4 is 0 Å². The van der Waals surface area contributed by atoms with Crippen LogP contribution in [-0.2, 0) is 0 Å². The monoisotopic (exact) mass is 269 g/mol. The highest BCUT2D eigenvalue weighted by atomic mass is 16.3. The molecule has 0 spiro atoms. The van der Waals surface area contributed by atoms with Gasteiger partial charge in [-0.05, 0) is 37.8 Å². The minimum atomic E-state index is -0.199. The van der Waals surface area contributed by atoms with Gasteiger partial charge in [0.25, 0.3) is 0 Å². The highest BCUT2D eigenvalue weighted by molar-refractivity contribution is 4.78. The minimum absolute atomic E-state index is 0.199. The maximum absolute atomic E-state index is 10.3. The van der Waals surface area contributed by atoms with Crippen LogP contribution in [0.4, 0.5) is 0 Å². The number of hydrogen-bond acceptors (Lipinski definition) is 4. The molecule has 0 saturated carbocycles. The second-order valence-electron chi connectivity index (χ2n) is 6.72. The first-order valence-corrected chi connectivity index (χ1v) is 7.97. The van der Waals surface area contributed by atoms with Gasteiger partial charge < -0.3 is 15.3 Å². The molecular weight excluding hydrogens is 238 g/mol. The van der Waals surface area contributed by atoms with Crippen LogP contribution in [0.1, 0.15) is 26.7 Å². The molecule has 0 aromatic rings. The summed E-state index contributed by atoms with van der Waals surface area (Å²) >= 11 is 0. The Bertz CT molecular complexity index is 244. The smallest absolute Gasteiger partial charge is 0.0793 e. The average molecular weight is 269 g/mol. The topological polar surface area (TPSA) is 38.7 Å². The lowest BCUT2D eigenvalue weighted by molar-refractivity contribution is 0.0487. The third kappa shape index (κ3) is 5.38. The molecule has 2 saturated heterocycles. The molecule has 0 radical (unpaired) electrons. The lowest BCUT2D eigenvalue weighted by atomic mass is 9.92. The fourth-order valence-corrected chi connectivity index (χ4v) is 3.68. The number of nitrogens with zero attached hydrogens (tertiary/aromatic N) is 2. The first-order valence-electron chi connectivity index (χ1n) is 7.97. The molecule has 112 valence electrons. The zero-order valence-electron chi connectivity index (χ0n) is 12.6. The number of aliphatic hydroxyl groups excluding tert-OH is 1. The van der Waals surface area contributed by atoms with Gasteiger partial charge in [0.05, 0.1) is 6.10 Å². The molecule has 4 nitrogen and oxygen atoms in total. The molecule has 4 heteroatoms. The summed E-state index contributed by atoms with van der Waals surface area (Å²) in [5.41, 5.74) is 0. The second-order valence-corrected chi connectivity index (χ2v) is 6.72. The third-order valence-corrected chi connectivity index (χ3v) is 4.32. The molecule has 2 fully saturated rings. The molecule has 2 aliphatic rings. The van der Waals surface area contributed by atoms with E-state index in [-0.39, 0.29) is 6.10 Å². The van der Waals surface area contributed by atoms with Gasteiger partial charge in [0, 0.05) is 39.3 Å². The zero-order valence-corrected chi connectivity index (χ0v) is 12.6. The summed E-state index contributed by atoms with van der Waals surface area (Å²) in [6.07, 6.45) is 2.34. The average Bonchev–Trinajstić information content (AvgIpc) is 2.55. The Morgan fingerprint density at radius 1 is 1.05 bits per heavy atom. The summed E-state index contributed by atoms with van der Waals surface area (Å²) in [5.74, 6) is 1.55. The van der Waals surface area contributed by atoms with Crippen LogP contribution in [-0.4, -0.2) is 73.4 Å². The summed E-state index contributed by atoms with van der Waals surface area (Å²) in [4.78, 5) is 4.86. The molecule has 0 bridgehead atoms. The van der Waals surface area contributed by atoms with Crippen molar-refractivity contribution in [1.82, 2.24) is 15.1 Å². The SMILES string of the molecule is C[C@@H]1C[C@@H](C)CN(C[C@@H](O)CN2CCCNCC2)C1. The summed E-state index contributed by atoms with van der Waals surface area (Å²) < 4.78 is 0. The van der Waals surface area contributed by atoms with E-state index in [0.29, 0.717) is 0 Å². The third-order valence-electron chi connectivity index (χ3n) is 4.32. The van der Waals surface area contributed by atoms with Gasteiger partial charge in [-0.2, -0.15) is 0 Å². The van der Waals surface area contributed by atoms with Crippen molar-refractivity contribution < 1.29 is 5.11 Å². The Balaban J connectivity index is 1.72. The first-order chi connectivity index (χ1) is 9.13. The number of nitrogens with one attached hydrogen (secondary N) is 1. The van der Waals surface area contributed by atoms with Gasteiger partial charge in [-0.25, -0.2) is 0 Å². The molecule has 0 aromatic heterocycles. The van der Waals surface area contributed by atoms with Crippen molar-refractivity contribution in [2.24, 2.45) is 11.8 Å². The van der Waals surface area contributed by atoms with Gasteiger partial charge in [0.15, 0.2) is 0 Å². The highest BCUT2D eigenvalue weighted by Gasteiger charge is 2.24. The van der Waals surface area contributed by atoms with Crippen molar-refractivity contribution in [3.63, 3.8) is 0 Å². The number of aliphatic hydroxyl groups is 1. The van der Waals surface area contributed by atoms with Crippen LogP contribution in [0.3, 0.4) is 0 Å². The van der Waals surface area contributed by atoms with Crippen LogP contribution in [0.25, 0.3) is 0 Å². The summed E-state index contributed by atoms with van der Waals surface area (Å²) in [5, 5.41) is 13.7. The van der Waals surface area contributed by atoms with Crippen LogP contribution in [0, 0.1) is 11.8 Å². The highest BCUT2D eigenvalue weighted by Crippen LogP contribution is 2.20. The lowest BCUT2D eigenvalue weighted by Gasteiger charge is -2.36. The van der Waals surface area contributed by atoms with E-state index >= 15 is 0 Å². The molecular formula is C15H31N3O. The van der Waals surface area contributed by atoms with Crippen molar-refractivity contribution in [1.29, 1.82) is 0 Å². The molecule has 3 atom stereocenters. The molecule has 0 aromatic carbocycles. The second kappa shape index (κ2) is 7.58. The van der Waals surface area contributed by atoms with E-state index in [2.05, 4.69) is 29.0 Å². The molecule has 19 heavy (non-hydrogen) atoms. The van der Waals surface area contributed by atoms with Crippen LogP contribution in [0.15, 0.2) is 0 Å². The molecule has 2 aliphatic heterocycles. The Kier molecular flexibility index (Phi) is 6.07. The number of piperidine rings is 1. The molecule has 2 rings (SSSR count). The number of likely N-dealkylation sites (tertiary alicyclic amines) is 1. The standard InChI is InChI=1S/C15H31N3O/c1-13-8-14(2)10-18(9-13)12-15(19)11-17-6-3-4-16-5-7-17/h13-16,19H,3-12H2,1-2H3/t13-,14-,15+/m1/s1. The van der Waals surface area contributed by atoms with Crippen LogP contribution >= 0.6 is 0 Å². The van der Waals surface area contributed by atoms with Crippen molar-refractivity contribution in [2.45, 2.75) is 32.8 Å². The molecule has 0 amide bonds. The van der Waals surface area contributed by atoms with Gasteiger partial charge in [-0.3, -0.25) is 4.90 Å². The first kappa shape index (κ1) is 15.2. The predicted molar refractivity (Wildman–Crippen MR) is 79.3 cm³/mol. The van der Waals surface area contributed by atoms with E-state index < -0.39 is 0 Å². The van der Waals surface area contributed by atoms with Crippen LogP contribution in [0.2, 0.25) is 0 Å². The molecule has 2 heterocycles. The van der Waals surface area contributed by atoms with Crippen LogP contribution < -0.4 is 5.32 Å². The minimum Gasteiger partial charge on any atom is -0.390 e. The fourth-order valence-electron chi connectivity index (χ4n) is 3.68. The van der Waals surface area contributed by atoms with Crippen LogP contribution in [0.5, 0.6) is 0 Å². The van der Waals surface area contributed by atoms with Crippen molar-refractivity contribution in [2.75, 3.05) is 52.4 Å². The largest absolute Gasteiger partial charge is 0.390 e. The van der Waals surface area contributed by atoms with E-state index in [1.54, 1.807) is 0 Å². The Labute approximate surface area is 118 Å². The van der Waals surface area contributed by atoms with Gasteiger partial charge in [0.1, 0.15) is 0 Å². The van der Waals surface area contributed by atoms with E-state index in [1.807, 2.05) is 0 Å². The number of rotatable bonds is 4. The Morgan fingerprint density at radius 3 is 2.47 bits per heavy atom. The Morgan fingerprint density at radius 2 is 1.74 bits per heavy atom. The van der Waals surface area contributed by atoms with Crippen molar-refractivity contribution in [3.8, 4) is 0 Å². The van der Waals surface area contributed by atoms with Crippen molar-refractivity contribution in [3.05, 3.63) is 0 Å². The molecule has 0 unspecified atom stereocenters. The Hall–Kier alpha value is -0.160. The van der Waals surface area contributed by atoms with Gasteiger partial charge in [0.2, 0.25) is 0 Å². The molecule has 2 N–H and O–H groups in total. The number of hydrogen-bond donors (Lipinski definition) is 2. The van der Waals surface area contributed by atoms with Gasteiger partial charge in [-0.15, -0.1) is 0 Å². The lowest BCUT2D eigenvalue weighted by Crippen LogP contribution is -2.46. The fraction of sp³-hybridized carbons (Fsp3) is 1.00. The van der Waals surface area contributed by atoms with Gasteiger partial charge >= 0.3 is 0 Å². The normalized spacial score (nSPS) is 33.0.